The normalized spacial score (nSPS) is 27.8. The first-order chi connectivity index (χ1) is 3.71. The van der Waals surface area contributed by atoms with E-state index in [2.05, 4.69) is 0 Å². The highest BCUT2D eigenvalue weighted by atomic mass is 32.2. The first-order valence-electron chi connectivity index (χ1n) is 2.57. The van der Waals surface area contributed by atoms with Crippen molar-refractivity contribution in [1.82, 2.24) is 0 Å². The van der Waals surface area contributed by atoms with E-state index in [1.807, 2.05) is 0 Å². The summed E-state index contributed by atoms with van der Waals surface area (Å²) < 4.78 is 0. The lowest BCUT2D eigenvalue weighted by Gasteiger charge is -2.49. The van der Waals surface area contributed by atoms with Crippen LogP contribution < -0.4 is 0 Å². The van der Waals surface area contributed by atoms with Crippen molar-refractivity contribution in [3.05, 3.63) is 10.4 Å². The topological polar surface area (TPSA) is 46.1 Å². The number of rotatable bonds is 0. The molecule has 1 aliphatic heterocycles. The summed E-state index contributed by atoms with van der Waals surface area (Å²) in [5.41, 5.74) is 0. The number of hydrogen-bond donors (Lipinski definition) is 0. The van der Waals surface area contributed by atoms with Crippen LogP contribution in [0.4, 0.5) is 0 Å². The molecule has 0 aliphatic carbocycles. The Hall–Kier alpha value is 0.230. The van der Waals surface area contributed by atoms with E-state index in [0.29, 0.717) is 0 Å². The second-order valence-electron chi connectivity index (χ2n) is 1.87. The SMILES string of the molecule is [O-][N+]1([O-])CCSCC1. The Balaban J connectivity index is 2.33. The van der Waals surface area contributed by atoms with Gasteiger partial charge in [0.25, 0.3) is 0 Å². The van der Waals surface area contributed by atoms with Gasteiger partial charge in [-0.2, -0.15) is 11.8 Å². The molecule has 0 aromatic heterocycles. The monoisotopic (exact) mass is 134 g/mol. The van der Waals surface area contributed by atoms with Crippen LogP contribution in [0, 0.1) is 10.4 Å². The van der Waals surface area contributed by atoms with Crippen molar-refractivity contribution in [2.45, 2.75) is 0 Å². The van der Waals surface area contributed by atoms with Gasteiger partial charge in [0.05, 0.1) is 13.1 Å². The van der Waals surface area contributed by atoms with Crippen molar-refractivity contribution in [3.8, 4) is 0 Å². The highest BCUT2D eigenvalue weighted by Gasteiger charge is 2.10. The summed E-state index contributed by atoms with van der Waals surface area (Å²) in [6.07, 6.45) is 0. The smallest absolute Gasteiger partial charge is 0.0873 e. The first-order valence-corrected chi connectivity index (χ1v) is 3.73. The Labute approximate surface area is 52.4 Å². The van der Waals surface area contributed by atoms with E-state index >= 15 is 0 Å². The predicted molar refractivity (Wildman–Crippen MR) is 34.1 cm³/mol. The van der Waals surface area contributed by atoms with Crippen LogP contribution in [0.5, 0.6) is 0 Å². The van der Waals surface area contributed by atoms with Crippen LogP contribution in [0.1, 0.15) is 0 Å². The molecule has 0 bridgehead atoms. The van der Waals surface area contributed by atoms with E-state index in [1.54, 1.807) is 11.8 Å². The fourth-order valence-electron chi connectivity index (χ4n) is 0.621. The summed E-state index contributed by atoms with van der Waals surface area (Å²) in [7, 11) is 0. The summed E-state index contributed by atoms with van der Waals surface area (Å²) in [5.74, 6) is 1.46. The zero-order chi connectivity index (χ0) is 6.04. The van der Waals surface area contributed by atoms with Gasteiger partial charge in [-0.05, 0) is 0 Å². The van der Waals surface area contributed by atoms with Gasteiger partial charge in [0.1, 0.15) is 0 Å². The van der Waals surface area contributed by atoms with Gasteiger partial charge < -0.3 is 15.2 Å². The summed E-state index contributed by atoms with van der Waals surface area (Å²) in [6, 6.07) is 0. The van der Waals surface area contributed by atoms with Gasteiger partial charge in [-0.3, -0.25) is 0 Å². The van der Waals surface area contributed by atoms with Crippen molar-refractivity contribution in [3.63, 3.8) is 0 Å². The lowest BCUT2D eigenvalue weighted by atomic mass is 10.6. The van der Waals surface area contributed by atoms with E-state index < -0.39 is 4.81 Å². The molecule has 4 heteroatoms. The van der Waals surface area contributed by atoms with Crippen molar-refractivity contribution >= 4 is 11.8 Å². The quantitative estimate of drug-likeness (QED) is 0.359. The van der Waals surface area contributed by atoms with Crippen LogP contribution in [0.2, 0.25) is 0 Å². The molecule has 0 spiro atoms. The average molecular weight is 134 g/mol. The molecule has 0 aromatic rings. The summed E-state index contributed by atoms with van der Waals surface area (Å²) in [4.78, 5) is -1.27. The molecule has 0 N–H and O–H groups in total. The molecular formula is C4H8NO2S-. The number of thioether (sulfide) groups is 1. The van der Waals surface area contributed by atoms with Crippen LogP contribution in [0.15, 0.2) is 0 Å². The van der Waals surface area contributed by atoms with Crippen LogP contribution in [0.25, 0.3) is 0 Å². The third-order valence-electron chi connectivity index (χ3n) is 1.15. The fourth-order valence-corrected chi connectivity index (χ4v) is 1.64. The maximum absolute atomic E-state index is 10.5. The lowest BCUT2D eigenvalue weighted by molar-refractivity contribution is -0.826. The molecule has 0 unspecified atom stereocenters. The molecule has 0 aromatic carbocycles. The molecule has 1 rings (SSSR count). The molecule has 1 heterocycles. The van der Waals surface area contributed by atoms with Crippen LogP contribution in [0.3, 0.4) is 0 Å². The van der Waals surface area contributed by atoms with Gasteiger partial charge in [0.15, 0.2) is 0 Å². The molecule has 3 nitrogen and oxygen atoms in total. The van der Waals surface area contributed by atoms with E-state index in [0.717, 1.165) is 11.5 Å². The number of nitrogens with zero attached hydrogens (tertiary/aromatic N) is 1. The Morgan fingerprint density at radius 3 is 1.88 bits per heavy atom. The van der Waals surface area contributed by atoms with Gasteiger partial charge in [0.2, 0.25) is 0 Å². The number of quaternary nitrogens is 1. The molecule has 8 heavy (non-hydrogen) atoms. The predicted octanol–water partition coefficient (Wildman–Crippen LogP) is 0.546. The van der Waals surface area contributed by atoms with E-state index in [4.69, 9.17) is 0 Å². The minimum absolute atomic E-state index is 0.241. The van der Waals surface area contributed by atoms with Crippen LogP contribution >= 0.6 is 11.8 Å². The lowest BCUT2D eigenvalue weighted by Crippen LogP contribution is -2.42. The van der Waals surface area contributed by atoms with Gasteiger partial charge in [-0.25, -0.2) is 0 Å². The summed E-state index contributed by atoms with van der Waals surface area (Å²) in [6.45, 7) is 0.481. The Kier molecular flexibility index (Phi) is 1.77. The third-order valence-corrected chi connectivity index (χ3v) is 2.10. The van der Waals surface area contributed by atoms with E-state index in [-0.39, 0.29) is 13.1 Å². The zero-order valence-electron chi connectivity index (χ0n) is 4.50. The Bertz CT molecular complexity index is 78.1. The van der Waals surface area contributed by atoms with Gasteiger partial charge >= 0.3 is 0 Å². The summed E-state index contributed by atoms with van der Waals surface area (Å²) in [5, 5.41) is 21.0. The zero-order valence-corrected chi connectivity index (χ0v) is 5.32. The standard InChI is InChI=1S/C4H8NO2S/c6-5(7)1-3-8-4-2-5/h1-4H2/q-1. The third kappa shape index (κ3) is 1.63. The molecule has 0 atom stereocenters. The van der Waals surface area contributed by atoms with Crippen LogP contribution in [-0.4, -0.2) is 29.4 Å². The van der Waals surface area contributed by atoms with Gasteiger partial charge in [-0.15, -0.1) is 0 Å². The van der Waals surface area contributed by atoms with Gasteiger partial charge in [-0.1, -0.05) is 0 Å². The molecule has 0 radical (unpaired) electrons. The highest BCUT2D eigenvalue weighted by Crippen LogP contribution is 2.13. The van der Waals surface area contributed by atoms with Crippen molar-refractivity contribution in [2.75, 3.05) is 24.6 Å². The van der Waals surface area contributed by atoms with Gasteiger partial charge in [0, 0.05) is 11.5 Å². The molecule has 1 aliphatic rings. The minimum Gasteiger partial charge on any atom is -0.632 e. The van der Waals surface area contributed by atoms with Crippen molar-refractivity contribution < 1.29 is 4.81 Å². The Morgan fingerprint density at radius 2 is 1.62 bits per heavy atom. The fraction of sp³-hybridized carbons (Fsp3) is 1.00. The molecule has 48 valence electrons. The summed E-state index contributed by atoms with van der Waals surface area (Å²) >= 11 is 1.68. The molecule has 0 saturated carbocycles. The minimum atomic E-state index is -1.27. The maximum atomic E-state index is 10.5. The van der Waals surface area contributed by atoms with E-state index in [1.165, 1.54) is 0 Å². The molecule has 1 fully saturated rings. The Morgan fingerprint density at radius 1 is 1.12 bits per heavy atom. The first kappa shape index (κ1) is 6.35. The average Bonchev–Trinajstić information content (AvgIpc) is 1.65. The molecule has 0 amide bonds. The molecule has 1 saturated heterocycles. The van der Waals surface area contributed by atoms with E-state index in [9.17, 15) is 10.4 Å². The second kappa shape index (κ2) is 2.23. The molecular weight excluding hydrogens is 126 g/mol. The maximum Gasteiger partial charge on any atom is 0.0873 e. The highest BCUT2D eigenvalue weighted by molar-refractivity contribution is 7.99. The number of hydrogen-bond acceptors (Lipinski definition) is 3. The van der Waals surface area contributed by atoms with Crippen LogP contribution in [-0.2, 0) is 0 Å². The van der Waals surface area contributed by atoms with Crippen molar-refractivity contribution in [2.24, 2.45) is 0 Å². The largest absolute Gasteiger partial charge is 0.632 e. The number of hydroxylamine groups is 4. The second-order valence-corrected chi connectivity index (χ2v) is 3.10. The van der Waals surface area contributed by atoms with Crippen molar-refractivity contribution in [1.29, 1.82) is 0 Å².